The largest absolute Gasteiger partial charge is 0.356 e. The molecule has 0 aliphatic heterocycles. The second kappa shape index (κ2) is 10.3. The number of guanidine groups is 1. The van der Waals surface area contributed by atoms with Crippen molar-refractivity contribution < 1.29 is 0 Å². The van der Waals surface area contributed by atoms with Crippen molar-refractivity contribution >= 4 is 41.3 Å². The Bertz CT molecular complexity index is 695. The maximum atomic E-state index is 4.62. The lowest BCUT2D eigenvalue weighted by molar-refractivity contribution is 0.244. The zero-order valence-corrected chi connectivity index (χ0v) is 18.8. The molecule has 1 aliphatic carbocycles. The molecule has 0 radical (unpaired) electrons. The molecule has 6 heteroatoms. The summed E-state index contributed by atoms with van der Waals surface area (Å²) in [5, 5.41) is 10.3. The Balaban J connectivity index is 0.00000243. The molecular formula is C20H29IN4S. The maximum absolute atomic E-state index is 4.62. The van der Waals surface area contributed by atoms with Crippen molar-refractivity contribution in [2.75, 3.05) is 20.1 Å². The Morgan fingerprint density at radius 3 is 2.58 bits per heavy atom. The lowest BCUT2D eigenvalue weighted by Crippen LogP contribution is -2.49. The highest BCUT2D eigenvalue weighted by atomic mass is 127. The van der Waals surface area contributed by atoms with Crippen molar-refractivity contribution in [2.24, 2.45) is 4.99 Å². The lowest BCUT2D eigenvalue weighted by Gasteiger charge is -2.43. The van der Waals surface area contributed by atoms with E-state index in [1.165, 1.54) is 35.5 Å². The molecule has 1 fully saturated rings. The van der Waals surface area contributed by atoms with Crippen molar-refractivity contribution in [3.05, 3.63) is 52.0 Å². The summed E-state index contributed by atoms with van der Waals surface area (Å²) in [7, 11) is 1.84. The third kappa shape index (κ3) is 5.19. The molecule has 1 aromatic heterocycles. The standard InChI is InChI=1S/C20H28N4S.HI/c1-3-18-24-17(14-25-18)10-13-22-19(21-2)23-15-20(11-7-12-20)16-8-5-4-6-9-16;/h4-6,8-9,14H,3,7,10-13,15H2,1-2H3,(H2,21,22,23);1H. The summed E-state index contributed by atoms with van der Waals surface area (Å²) < 4.78 is 0. The van der Waals surface area contributed by atoms with Crippen molar-refractivity contribution in [1.82, 2.24) is 15.6 Å². The summed E-state index contributed by atoms with van der Waals surface area (Å²) in [6.07, 6.45) is 5.76. The maximum Gasteiger partial charge on any atom is 0.191 e. The lowest BCUT2D eigenvalue weighted by atomic mass is 9.64. The SMILES string of the molecule is CCc1nc(CCNC(=NC)NCC2(c3ccccc3)CCC2)cs1.I. The van der Waals surface area contributed by atoms with Crippen LogP contribution in [0.4, 0.5) is 0 Å². The number of nitrogens with one attached hydrogen (secondary N) is 2. The molecule has 1 aromatic carbocycles. The summed E-state index contributed by atoms with van der Waals surface area (Å²) in [4.78, 5) is 8.99. The molecule has 2 aromatic rings. The van der Waals surface area contributed by atoms with Gasteiger partial charge >= 0.3 is 0 Å². The van der Waals surface area contributed by atoms with Gasteiger partial charge < -0.3 is 10.6 Å². The highest BCUT2D eigenvalue weighted by Crippen LogP contribution is 2.43. The molecule has 1 saturated carbocycles. The molecule has 0 unspecified atom stereocenters. The predicted octanol–water partition coefficient (Wildman–Crippen LogP) is 4.15. The fourth-order valence-corrected chi connectivity index (χ4v) is 4.15. The number of rotatable bonds is 7. The van der Waals surface area contributed by atoms with Crippen LogP contribution in [0, 0.1) is 0 Å². The number of aromatic nitrogens is 1. The van der Waals surface area contributed by atoms with Crippen LogP contribution in [0.1, 0.15) is 42.5 Å². The summed E-state index contributed by atoms with van der Waals surface area (Å²) in [6.45, 7) is 3.94. The normalized spacial score (nSPS) is 15.7. The van der Waals surface area contributed by atoms with E-state index in [1.807, 2.05) is 7.05 Å². The fourth-order valence-electron chi connectivity index (χ4n) is 3.37. The van der Waals surface area contributed by atoms with Gasteiger partial charge in [-0.1, -0.05) is 43.7 Å². The molecule has 1 heterocycles. The van der Waals surface area contributed by atoms with Gasteiger partial charge in [-0.2, -0.15) is 0 Å². The molecule has 0 atom stereocenters. The summed E-state index contributed by atoms with van der Waals surface area (Å²) in [5.41, 5.74) is 2.88. The van der Waals surface area contributed by atoms with Crippen molar-refractivity contribution in [3.8, 4) is 0 Å². The fraction of sp³-hybridized carbons (Fsp3) is 0.500. The van der Waals surface area contributed by atoms with Gasteiger partial charge in [0.05, 0.1) is 10.7 Å². The van der Waals surface area contributed by atoms with Crippen molar-refractivity contribution in [3.63, 3.8) is 0 Å². The van der Waals surface area contributed by atoms with Crippen LogP contribution in [0.2, 0.25) is 0 Å². The molecule has 0 spiro atoms. The van der Waals surface area contributed by atoms with Gasteiger partial charge in [0.15, 0.2) is 5.96 Å². The highest BCUT2D eigenvalue weighted by Gasteiger charge is 2.38. The molecular weight excluding hydrogens is 455 g/mol. The molecule has 1 aliphatic rings. The molecule has 142 valence electrons. The Kier molecular flexibility index (Phi) is 8.34. The molecule has 3 rings (SSSR count). The topological polar surface area (TPSA) is 49.3 Å². The Morgan fingerprint density at radius 2 is 2.00 bits per heavy atom. The van der Waals surface area contributed by atoms with E-state index in [1.54, 1.807) is 11.3 Å². The minimum atomic E-state index is 0. The third-order valence-corrected chi connectivity index (χ3v) is 6.13. The Morgan fingerprint density at radius 1 is 1.23 bits per heavy atom. The molecule has 26 heavy (non-hydrogen) atoms. The van der Waals surface area contributed by atoms with Gasteiger partial charge in [0.2, 0.25) is 0 Å². The van der Waals surface area contributed by atoms with E-state index in [9.17, 15) is 0 Å². The Hall–Kier alpha value is -1.15. The van der Waals surface area contributed by atoms with Gasteiger partial charge in [-0.15, -0.1) is 35.3 Å². The van der Waals surface area contributed by atoms with Gasteiger partial charge in [-0.05, 0) is 24.8 Å². The average Bonchev–Trinajstić information content (AvgIpc) is 3.08. The number of aryl methyl sites for hydroxylation is 1. The van der Waals surface area contributed by atoms with Crippen LogP contribution in [-0.2, 0) is 18.3 Å². The van der Waals surface area contributed by atoms with Gasteiger partial charge in [0.1, 0.15) is 0 Å². The van der Waals surface area contributed by atoms with Crippen molar-refractivity contribution in [2.45, 2.75) is 44.4 Å². The number of aliphatic imine (C=N–C) groups is 1. The number of nitrogens with zero attached hydrogens (tertiary/aromatic N) is 2. The number of thiazole rings is 1. The highest BCUT2D eigenvalue weighted by molar-refractivity contribution is 14.0. The summed E-state index contributed by atoms with van der Waals surface area (Å²) >= 11 is 1.75. The van der Waals surface area contributed by atoms with Crippen LogP contribution in [-0.4, -0.2) is 31.1 Å². The van der Waals surface area contributed by atoms with E-state index >= 15 is 0 Å². The van der Waals surface area contributed by atoms with Crippen LogP contribution in [0.3, 0.4) is 0 Å². The zero-order chi connectivity index (χ0) is 17.5. The quantitative estimate of drug-likeness (QED) is 0.353. The second-order valence-electron chi connectivity index (χ2n) is 6.69. The van der Waals surface area contributed by atoms with Crippen LogP contribution >= 0.6 is 35.3 Å². The summed E-state index contributed by atoms with van der Waals surface area (Å²) in [6, 6.07) is 10.9. The van der Waals surface area contributed by atoms with E-state index in [4.69, 9.17) is 0 Å². The first-order chi connectivity index (χ1) is 12.3. The second-order valence-corrected chi connectivity index (χ2v) is 7.63. The van der Waals surface area contributed by atoms with E-state index in [0.717, 1.165) is 31.9 Å². The van der Waals surface area contributed by atoms with Gasteiger partial charge in [0, 0.05) is 37.4 Å². The zero-order valence-electron chi connectivity index (χ0n) is 15.6. The molecule has 0 amide bonds. The summed E-state index contributed by atoms with van der Waals surface area (Å²) in [5.74, 6) is 0.883. The number of hydrogen-bond donors (Lipinski definition) is 2. The van der Waals surface area contributed by atoms with Crippen LogP contribution in [0.25, 0.3) is 0 Å². The first-order valence-corrected chi connectivity index (χ1v) is 10.1. The number of benzene rings is 1. The predicted molar refractivity (Wildman–Crippen MR) is 122 cm³/mol. The van der Waals surface area contributed by atoms with E-state index in [2.05, 4.69) is 63.2 Å². The molecule has 4 nitrogen and oxygen atoms in total. The van der Waals surface area contributed by atoms with Crippen LogP contribution in [0.15, 0.2) is 40.7 Å². The first-order valence-electron chi connectivity index (χ1n) is 9.19. The minimum absolute atomic E-state index is 0. The third-order valence-electron chi connectivity index (χ3n) is 5.09. The number of hydrogen-bond acceptors (Lipinski definition) is 3. The van der Waals surface area contributed by atoms with Crippen LogP contribution in [0.5, 0.6) is 0 Å². The van der Waals surface area contributed by atoms with Crippen molar-refractivity contribution in [1.29, 1.82) is 0 Å². The first kappa shape index (κ1) is 21.2. The van der Waals surface area contributed by atoms with E-state index in [-0.39, 0.29) is 29.4 Å². The van der Waals surface area contributed by atoms with Crippen LogP contribution < -0.4 is 10.6 Å². The van der Waals surface area contributed by atoms with E-state index in [0.29, 0.717) is 0 Å². The van der Waals surface area contributed by atoms with Gasteiger partial charge in [-0.25, -0.2) is 4.98 Å². The number of halogens is 1. The van der Waals surface area contributed by atoms with E-state index < -0.39 is 0 Å². The minimum Gasteiger partial charge on any atom is -0.356 e. The smallest absolute Gasteiger partial charge is 0.191 e. The molecule has 0 saturated heterocycles. The van der Waals surface area contributed by atoms with Gasteiger partial charge in [0.25, 0.3) is 0 Å². The van der Waals surface area contributed by atoms with Gasteiger partial charge in [-0.3, -0.25) is 4.99 Å². The molecule has 2 N–H and O–H groups in total. The average molecular weight is 484 g/mol. The monoisotopic (exact) mass is 484 g/mol. The molecule has 0 bridgehead atoms. The Labute approximate surface area is 177 Å².